The Bertz CT molecular complexity index is 1240. The molecule has 0 atom stereocenters. The molecule has 0 spiro atoms. The molecule has 1 aliphatic rings. The Hall–Kier alpha value is -3.65. The molecule has 4 aromatic rings. The predicted octanol–water partition coefficient (Wildman–Crippen LogP) is 4.22. The van der Waals surface area contributed by atoms with Gasteiger partial charge in [0.05, 0.1) is 17.0 Å². The second-order valence-corrected chi connectivity index (χ2v) is 7.62. The quantitative estimate of drug-likeness (QED) is 0.266. The number of aromatic nitrogens is 3. The van der Waals surface area contributed by atoms with Gasteiger partial charge in [-0.1, -0.05) is 48.2 Å². The molecule has 0 fully saturated rings. The van der Waals surface area contributed by atoms with E-state index in [4.69, 9.17) is 4.42 Å². The van der Waals surface area contributed by atoms with Gasteiger partial charge in [0.25, 0.3) is 11.8 Å². The number of thioether (sulfide) groups is 1. The van der Waals surface area contributed by atoms with Crippen LogP contribution >= 0.6 is 11.8 Å². The van der Waals surface area contributed by atoms with Crippen molar-refractivity contribution in [1.82, 2.24) is 19.7 Å². The molecule has 8 heteroatoms. The number of rotatable bonds is 6. The first-order valence-corrected chi connectivity index (χ1v) is 10.3. The molecular formula is C22H16N4O3S. The van der Waals surface area contributed by atoms with E-state index in [1.54, 1.807) is 30.3 Å². The van der Waals surface area contributed by atoms with Crippen molar-refractivity contribution >= 4 is 34.5 Å². The van der Waals surface area contributed by atoms with Crippen molar-refractivity contribution in [3.63, 3.8) is 0 Å². The van der Waals surface area contributed by atoms with E-state index in [0.717, 1.165) is 11.0 Å². The van der Waals surface area contributed by atoms with Gasteiger partial charge in [-0.05, 0) is 24.3 Å². The van der Waals surface area contributed by atoms with Gasteiger partial charge in [-0.15, -0.1) is 16.8 Å². The summed E-state index contributed by atoms with van der Waals surface area (Å²) < 4.78 is 7.78. The number of para-hydroxylation sites is 1. The minimum absolute atomic E-state index is 0.141. The van der Waals surface area contributed by atoms with Crippen molar-refractivity contribution < 1.29 is 14.0 Å². The molecular weight excluding hydrogens is 400 g/mol. The van der Waals surface area contributed by atoms with Crippen LogP contribution in [-0.4, -0.2) is 37.4 Å². The molecule has 30 heavy (non-hydrogen) atoms. The summed E-state index contributed by atoms with van der Waals surface area (Å²) in [5.74, 6) is 0.710. The highest BCUT2D eigenvalue weighted by atomic mass is 32.2. The van der Waals surface area contributed by atoms with Crippen LogP contribution in [0, 0.1) is 0 Å². The first-order chi connectivity index (χ1) is 14.7. The van der Waals surface area contributed by atoms with Gasteiger partial charge in [0.15, 0.2) is 10.9 Å². The number of allylic oxidation sites excluding steroid dienone is 1. The Balaban J connectivity index is 1.42. The summed E-state index contributed by atoms with van der Waals surface area (Å²) in [5.41, 5.74) is 1.62. The van der Waals surface area contributed by atoms with Crippen LogP contribution in [0.1, 0.15) is 20.7 Å². The Morgan fingerprint density at radius 1 is 1.00 bits per heavy atom. The molecule has 2 amide bonds. The molecule has 148 valence electrons. The minimum atomic E-state index is -0.296. The molecule has 0 saturated carbocycles. The number of carbonyl (C=O) groups is 2. The zero-order valence-electron chi connectivity index (χ0n) is 15.8. The molecule has 1 aliphatic heterocycles. The zero-order valence-corrected chi connectivity index (χ0v) is 16.6. The average Bonchev–Trinajstić information content (AvgIpc) is 3.43. The van der Waals surface area contributed by atoms with E-state index in [1.807, 2.05) is 34.9 Å². The highest BCUT2D eigenvalue weighted by Gasteiger charge is 2.35. The molecule has 0 unspecified atom stereocenters. The van der Waals surface area contributed by atoms with Crippen molar-refractivity contribution in [2.75, 3.05) is 5.88 Å². The Morgan fingerprint density at radius 2 is 1.70 bits per heavy atom. The lowest BCUT2D eigenvalue weighted by Crippen LogP contribution is -2.29. The Kier molecular flexibility index (Phi) is 4.48. The van der Waals surface area contributed by atoms with E-state index in [-0.39, 0.29) is 17.7 Å². The molecule has 3 heterocycles. The SMILES string of the molecule is C=CCn1c(SCN2C(=O)c3ccccc3C2=O)nnc1-c1cc2ccccc2o1. The Morgan fingerprint density at radius 3 is 2.40 bits per heavy atom. The van der Waals surface area contributed by atoms with Crippen molar-refractivity contribution in [1.29, 1.82) is 0 Å². The van der Waals surface area contributed by atoms with E-state index >= 15 is 0 Å². The van der Waals surface area contributed by atoms with Gasteiger partial charge in [-0.3, -0.25) is 19.1 Å². The third kappa shape index (κ3) is 2.93. The molecule has 0 N–H and O–H groups in total. The van der Waals surface area contributed by atoms with E-state index in [2.05, 4.69) is 16.8 Å². The molecule has 2 aromatic carbocycles. The van der Waals surface area contributed by atoms with E-state index in [1.165, 1.54) is 16.7 Å². The number of hydrogen-bond acceptors (Lipinski definition) is 6. The van der Waals surface area contributed by atoms with Crippen molar-refractivity contribution in [2.45, 2.75) is 11.7 Å². The van der Waals surface area contributed by atoms with Crippen LogP contribution in [0.2, 0.25) is 0 Å². The topological polar surface area (TPSA) is 81.2 Å². The van der Waals surface area contributed by atoms with E-state index in [0.29, 0.717) is 34.4 Å². The molecule has 0 radical (unpaired) electrons. The number of amides is 2. The zero-order chi connectivity index (χ0) is 20.7. The summed E-state index contributed by atoms with van der Waals surface area (Å²) in [7, 11) is 0. The number of furan rings is 1. The van der Waals surface area contributed by atoms with E-state index in [9.17, 15) is 9.59 Å². The van der Waals surface area contributed by atoms with Crippen LogP contribution < -0.4 is 0 Å². The van der Waals surface area contributed by atoms with Crippen LogP contribution in [0.3, 0.4) is 0 Å². The molecule has 0 saturated heterocycles. The van der Waals surface area contributed by atoms with Crippen LogP contribution in [0.5, 0.6) is 0 Å². The average molecular weight is 416 g/mol. The fourth-order valence-corrected chi connectivity index (χ4v) is 4.34. The highest BCUT2D eigenvalue weighted by molar-refractivity contribution is 7.99. The van der Waals surface area contributed by atoms with Gasteiger partial charge in [0.1, 0.15) is 5.58 Å². The monoisotopic (exact) mass is 416 g/mol. The number of benzene rings is 2. The summed E-state index contributed by atoms with van der Waals surface area (Å²) >= 11 is 1.27. The largest absolute Gasteiger partial charge is 0.453 e. The lowest BCUT2D eigenvalue weighted by Gasteiger charge is -2.13. The molecule has 0 aliphatic carbocycles. The third-order valence-corrected chi connectivity index (χ3v) is 5.82. The second-order valence-electron chi connectivity index (χ2n) is 6.71. The van der Waals surface area contributed by atoms with Gasteiger partial charge in [-0.2, -0.15) is 0 Å². The molecule has 0 bridgehead atoms. The maximum absolute atomic E-state index is 12.6. The van der Waals surface area contributed by atoms with Crippen LogP contribution in [0.25, 0.3) is 22.6 Å². The molecule has 7 nitrogen and oxygen atoms in total. The normalized spacial score (nSPS) is 13.3. The summed E-state index contributed by atoms with van der Waals surface area (Å²) in [6, 6.07) is 16.5. The number of nitrogens with zero attached hydrogens (tertiary/aromatic N) is 4. The first-order valence-electron chi connectivity index (χ1n) is 9.28. The summed E-state index contributed by atoms with van der Waals surface area (Å²) in [4.78, 5) is 26.4. The second kappa shape index (κ2) is 7.31. The van der Waals surface area contributed by atoms with E-state index < -0.39 is 0 Å². The molecule has 5 rings (SSSR count). The van der Waals surface area contributed by atoms with Crippen molar-refractivity contribution in [2.24, 2.45) is 0 Å². The highest BCUT2D eigenvalue weighted by Crippen LogP contribution is 2.31. The fourth-order valence-electron chi connectivity index (χ4n) is 3.44. The number of imide groups is 1. The summed E-state index contributed by atoms with van der Waals surface area (Å²) in [6.07, 6.45) is 1.74. The Labute approximate surface area is 176 Å². The maximum Gasteiger partial charge on any atom is 0.262 e. The van der Waals surface area contributed by atoms with Gasteiger partial charge in [-0.25, -0.2) is 0 Å². The van der Waals surface area contributed by atoms with Crippen LogP contribution in [-0.2, 0) is 6.54 Å². The predicted molar refractivity (Wildman–Crippen MR) is 113 cm³/mol. The van der Waals surface area contributed by atoms with Crippen LogP contribution in [0.4, 0.5) is 0 Å². The smallest absolute Gasteiger partial charge is 0.262 e. The summed E-state index contributed by atoms with van der Waals surface area (Å²) in [6.45, 7) is 4.27. The third-order valence-electron chi connectivity index (χ3n) is 4.88. The standard InChI is InChI=1S/C22H16N4O3S/c1-2-11-25-19(18-12-14-7-3-6-10-17(14)29-18)23-24-22(25)30-13-26-20(27)15-8-4-5-9-16(15)21(26)28/h2-10,12H,1,11,13H2. The van der Waals surface area contributed by atoms with Gasteiger partial charge in [0, 0.05) is 11.9 Å². The lowest BCUT2D eigenvalue weighted by atomic mass is 10.1. The van der Waals surface area contributed by atoms with Crippen molar-refractivity contribution in [3.8, 4) is 11.6 Å². The van der Waals surface area contributed by atoms with Gasteiger partial charge in [0.2, 0.25) is 5.82 Å². The molecule has 2 aromatic heterocycles. The maximum atomic E-state index is 12.6. The number of hydrogen-bond donors (Lipinski definition) is 0. The number of carbonyl (C=O) groups excluding carboxylic acids is 2. The first kappa shape index (κ1) is 18.4. The summed E-state index contributed by atoms with van der Waals surface area (Å²) in [5, 5.41) is 10.1. The van der Waals surface area contributed by atoms with Crippen molar-refractivity contribution in [3.05, 3.63) is 78.4 Å². The lowest BCUT2D eigenvalue weighted by molar-refractivity contribution is 0.0684. The fraction of sp³-hybridized carbons (Fsp3) is 0.0909. The minimum Gasteiger partial charge on any atom is -0.453 e. The van der Waals surface area contributed by atoms with Gasteiger partial charge < -0.3 is 4.42 Å². The van der Waals surface area contributed by atoms with Gasteiger partial charge >= 0.3 is 0 Å². The van der Waals surface area contributed by atoms with Crippen LogP contribution in [0.15, 0.2) is 76.8 Å². The number of fused-ring (bicyclic) bond motifs is 2.